The predicted octanol–water partition coefficient (Wildman–Crippen LogP) is 2.00. The summed E-state index contributed by atoms with van der Waals surface area (Å²) in [4.78, 5) is 0. The molecule has 0 aliphatic carbocycles. The third-order valence-corrected chi connectivity index (χ3v) is 0.730. The van der Waals surface area contributed by atoms with E-state index in [2.05, 4.69) is 4.52 Å². The molecule has 0 amide bonds. The van der Waals surface area contributed by atoms with Gasteiger partial charge in [0.2, 0.25) is 0 Å². The molecular weight excluding hydrogens is 109 g/mol. The van der Waals surface area contributed by atoms with Gasteiger partial charge in [-0.25, -0.2) is 0 Å². The van der Waals surface area contributed by atoms with Crippen LogP contribution >= 0.6 is 8.44 Å². The Kier molecular flexibility index (Phi) is 4.32. The van der Waals surface area contributed by atoms with Crippen LogP contribution in [0.5, 0.6) is 0 Å². The van der Waals surface area contributed by atoms with Crippen LogP contribution in [0.15, 0.2) is 0 Å². The Morgan fingerprint density at radius 3 is 2.43 bits per heavy atom. The maximum absolute atomic E-state index is 8.07. The first-order valence-corrected chi connectivity index (χ1v) is 3.00. The summed E-state index contributed by atoms with van der Waals surface area (Å²) in [5.74, 6) is 0.514. The van der Waals surface area contributed by atoms with Crippen LogP contribution in [0.4, 0.5) is 0 Å². The van der Waals surface area contributed by atoms with E-state index in [1.54, 1.807) is 0 Å². The van der Waals surface area contributed by atoms with Crippen molar-refractivity contribution in [1.29, 1.82) is 5.00 Å². The quantitative estimate of drug-likeness (QED) is 0.519. The van der Waals surface area contributed by atoms with E-state index in [9.17, 15) is 0 Å². The van der Waals surface area contributed by atoms with Gasteiger partial charge in [0.25, 0.3) is 0 Å². The summed E-state index contributed by atoms with van der Waals surface area (Å²) in [7, 11) is 0.0403. The molecule has 0 spiro atoms. The van der Waals surface area contributed by atoms with Gasteiger partial charge in [-0.3, -0.25) is 0 Å². The molecule has 0 aliphatic heterocycles. The molecular formula is C4H9NOP+. The average Bonchev–Trinajstić information content (AvgIpc) is 1.61. The molecule has 0 bridgehead atoms. The van der Waals surface area contributed by atoms with Crippen molar-refractivity contribution in [2.75, 3.05) is 6.61 Å². The van der Waals surface area contributed by atoms with Gasteiger partial charge in [0.05, 0.1) is 0 Å². The van der Waals surface area contributed by atoms with Crippen LogP contribution in [-0.2, 0) is 4.52 Å². The molecule has 0 saturated heterocycles. The van der Waals surface area contributed by atoms with Crippen molar-refractivity contribution < 1.29 is 4.52 Å². The van der Waals surface area contributed by atoms with Crippen LogP contribution in [-0.4, -0.2) is 6.61 Å². The number of nitrogens with zero attached hydrogens (tertiary/aromatic N) is 1. The first-order chi connectivity index (χ1) is 3.27. The Balaban J connectivity index is 2.86. The van der Waals surface area contributed by atoms with Gasteiger partial charge in [0, 0.05) is 0 Å². The monoisotopic (exact) mass is 118 g/mol. The van der Waals surface area contributed by atoms with Crippen LogP contribution < -0.4 is 0 Å². The molecule has 0 atom stereocenters. The van der Waals surface area contributed by atoms with E-state index in [1.165, 1.54) is 0 Å². The molecule has 0 aliphatic rings. The molecule has 0 aromatic heterocycles. The zero-order valence-corrected chi connectivity index (χ0v) is 5.48. The first-order valence-electron chi connectivity index (χ1n) is 2.23. The Labute approximate surface area is 45.3 Å². The third kappa shape index (κ3) is 6.10. The second-order valence-electron chi connectivity index (χ2n) is 1.77. The summed E-state index contributed by atoms with van der Waals surface area (Å²) >= 11 is 0. The summed E-state index contributed by atoms with van der Waals surface area (Å²) in [6, 6.07) is 0. The maximum atomic E-state index is 8.07. The first kappa shape index (κ1) is 7.10. The number of hydrogen-bond donors (Lipinski definition) is 0. The van der Waals surface area contributed by atoms with Crippen molar-refractivity contribution in [3.63, 3.8) is 0 Å². The van der Waals surface area contributed by atoms with Crippen molar-refractivity contribution in [3.8, 4) is 0 Å². The second-order valence-corrected chi connectivity index (χ2v) is 2.19. The van der Waals surface area contributed by atoms with Crippen LogP contribution in [0, 0.1) is 10.9 Å². The Morgan fingerprint density at radius 1 is 1.71 bits per heavy atom. The minimum atomic E-state index is 0.0403. The zero-order chi connectivity index (χ0) is 5.70. The summed E-state index contributed by atoms with van der Waals surface area (Å²) in [5, 5.41) is 8.07. The molecule has 0 saturated carbocycles. The van der Waals surface area contributed by atoms with E-state index in [4.69, 9.17) is 5.00 Å². The van der Waals surface area contributed by atoms with E-state index in [1.807, 2.05) is 13.8 Å². The number of rotatable bonds is 2. The van der Waals surface area contributed by atoms with E-state index in [0.29, 0.717) is 12.5 Å². The molecule has 0 radical (unpaired) electrons. The fourth-order valence-corrected chi connectivity index (χ4v) is 0.547. The van der Waals surface area contributed by atoms with E-state index in [-0.39, 0.29) is 8.44 Å². The summed E-state index contributed by atoms with van der Waals surface area (Å²) in [6.45, 7) is 4.70. The van der Waals surface area contributed by atoms with Gasteiger partial charge in [0.1, 0.15) is 0 Å². The molecule has 0 N–H and O–H groups in total. The SMILES string of the molecule is CC(C)CO[P+]#N. The van der Waals surface area contributed by atoms with Crippen LogP contribution in [0.25, 0.3) is 0 Å². The molecule has 0 aromatic rings. The van der Waals surface area contributed by atoms with Crippen molar-refractivity contribution >= 4 is 8.44 Å². The molecule has 0 fully saturated rings. The summed E-state index contributed by atoms with van der Waals surface area (Å²) < 4.78 is 4.62. The van der Waals surface area contributed by atoms with Gasteiger partial charge in [-0.15, -0.1) is 0 Å². The van der Waals surface area contributed by atoms with Crippen LogP contribution in [0.3, 0.4) is 0 Å². The Bertz CT molecular complexity index is 76.2. The van der Waals surface area contributed by atoms with Gasteiger partial charge in [0.15, 0.2) is 0 Å². The molecule has 3 heteroatoms. The van der Waals surface area contributed by atoms with Crippen molar-refractivity contribution in [2.45, 2.75) is 13.8 Å². The van der Waals surface area contributed by atoms with Crippen molar-refractivity contribution in [1.82, 2.24) is 0 Å². The van der Waals surface area contributed by atoms with E-state index >= 15 is 0 Å². The minimum absolute atomic E-state index is 0.0403. The topological polar surface area (TPSA) is 33.0 Å². The van der Waals surface area contributed by atoms with Gasteiger partial charge < -0.3 is 0 Å². The summed E-state index contributed by atoms with van der Waals surface area (Å²) in [6.07, 6.45) is 0. The fourth-order valence-electron chi connectivity index (χ4n) is 0.182. The molecule has 0 heterocycles. The number of hydrogen-bond acceptors (Lipinski definition) is 2. The normalized spacial score (nSPS) is 9.43. The van der Waals surface area contributed by atoms with Gasteiger partial charge >= 0.3 is 44.3 Å². The van der Waals surface area contributed by atoms with Crippen molar-refractivity contribution in [3.05, 3.63) is 0 Å². The third-order valence-electron chi connectivity index (χ3n) is 0.466. The second kappa shape index (κ2) is 4.26. The van der Waals surface area contributed by atoms with Gasteiger partial charge in [-0.1, -0.05) is 0 Å². The zero-order valence-electron chi connectivity index (χ0n) is 4.59. The predicted molar refractivity (Wildman–Crippen MR) is 29.4 cm³/mol. The molecule has 0 aromatic carbocycles. The van der Waals surface area contributed by atoms with Gasteiger partial charge in [-0.2, -0.15) is 0 Å². The fraction of sp³-hybridized carbons (Fsp3) is 1.00. The standard InChI is InChI=1S/C4H9NOP/c1-4(2)3-6-7-5/h4H,3H2,1-2H3/q+1. The average molecular weight is 118 g/mol. The Hall–Kier alpha value is 0.100. The van der Waals surface area contributed by atoms with E-state index < -0.39 is 0 Å². The molecule has 2 nitrogen and oxygen atoms in total. The Morgan fingerprint density at radius 2 is 2.29 bits per heavy atom. The van der Waals surface area contributed by atoms with E-state index in [0.717, 1.165) is 0 Å². The van der Waals surface area contributed by atoms with Crippen molar-refractivity contribution in [2.24, 2.45) is 5.92 Å². The molecule has 7 heavy (non-hydrogen) atoms. The molecule has 40 valence electrons. The van der Waals surface area contributed by atoms with Crippen LogP contribution in [0.2, 0.25) is 0 Å². The summed E-state index contributed by atoms with van der Waals surface area (Å²) in [5.41, 5.74) is 0. The molecule has 0 rings (SSSR count). The molecule has 0 unspecified atom stereocenters. The van der Waals surface area contributed by atoms with Gasteiger partial charge in [-0.05, 0) is 0 Å². The van der Waals surface area contributed by atoms with Crippen LogP contribution in [0.1, 0.15) is 13.8 Å².